The second kappa shape index (κ2) is 6.12. The van der Waals surface area contributed by atoms with Crippen molar-refractivity contribution < 1.29 is 4.79 Å². The Balaban J connectivity index is 1.34. The van der Waals surface area contributed by atoms with Crippen LogP contribution in [0.2, 0.25) is 0 Å². The highest BCUT2D eigenvalue weighted by molar-refractivity contribution is 7.15. The van der Waals surface area contributed by atoms with Crippen molar-refractivity contribution >= 4 is 22.4 Å². The van der Waals surface area contributed by atoms with Gasteiger partial charge in [-0.05, 0) is 49.9 Å². The third-order valence-corrected chi connectivity index (χ3v) is 6.99. The van der Waals surface area contributed by atoms with E-state index >= 15 is 0 Å². The number of carbonyl (C=O) groups excluding carboxylic acids is 1. The zero-order valence-corrected chi connectivity index (χ0v) is 13.9. The Morgan fingerprint density at radius 2 is 2.04 bits per heavy atom. The fourth-order valence-electron chi connectivity index (χ4n) is 4.49. The number of amides is 1. The molecule has 0 spiro atoms. The second-order valence-electron chi connectivity index (χ2n) is 7.30. The molecule has 2 N–H and O–H groups in total. The van der Waals surface area contributed by atoms with Crippen molar-refractivity contribution in [2.24, 2.45) is 17.8 Å². The molecule has 1 unspecified atom stereocenters. The highest BCUT2D eigenvalue weighted by Gasteiger charge is 2.38. The molecule has 4 aliphatic carbocycles. The predicted octanol–water partition coefficient (Wildman–Crippen LogP) is 3.22. The molecule has 5 nitrogen and oxygen atoms in total. The zero-order valence-electron chi connectivity index (χ0n) is 13.1. The average molecular weight is 330 g/mol. The topological polar surface area (TPSA) is 77.8 Å². The molecule has 1 heterocycles. The normalized spacial score (nSPS) is 35.2. The van der Waals surface area contributed by atoms with E-state index in [1.165, 1.54) is 37.0 Å². The Hall–Kier alpha value is -1.61. The lowest BCUT2D eigenvalue weighted by molar-refractivity contribution is -0.122. The van der Waals surface area contributed by atoms with Crippen molar-refractivity contribution in [2.75, 3.05) is 5.32 Å². The Bertz CT molecular complexity index is 623. The minimum Gasteiger partial charge on any atom is -0.321 e. The molecule has 4 fully saturated rings. The van der Waals surface area contributed by atoms with Gasteiger partial charge in [-0.3, -0.25) is 4.79 Å². The molecule has 0 aromatic carbocycles. The minimum absolute atomic E-state index is 0.0129. The number of carbonyl (C=O) groups is 1. The van der Waals surface area contributed by atoms with Crippen LogP contribution in [0.25, 0.3) is 0 Å². The van der Waals surface area contributed by atoms with E-state index in [1.54, 1.807) is 11.3 Å². The number of thiazole rings is 1. The summed E-state index contributed by atoms with van der Waals surface area (Å²) in [6, 6.07) is 0.167. The molecule has 2 bridgehead atoms. The average Bonchev–Trinajstić information content (AvgIpc) is 2.99. The van der Waals surface area contributed by atoms with Crippen LogP contribution in [0.4, 0.5) is 5.13 Å². The fourth-order valence-corrected chi connectivity index (χ4v) is 5.52. The lowest BCUT2D eigenvalue weighted by Gasteiger charge is -2.41. The highest BCUT2D eigenvalue weighted by Crippen LogP contribution is 2.50. The number of nitrogens with zero attached hydrogens (tertiary/aromatic N) is 2. The predicted molar refractivity (Wildman–Crippen MR) is 88.8 cm³/mol. The first-order valence-corrected chi connectivity index (χ1v) is 9.45. The van der Waals surface area contributed by atoms with Crippen LogP contribution in [-0.2, 0) is 4.79 Å². The van der Waals surface area contributed by atoms with Gasteiger partial charge in [0.1, 0.15) is 0 Å². The van der Waals surface area contributed by atoms with E-state index in [1.807, 2.05) is 12.4 Å². The van der Waals surface area contributed by atoms with Crippen LogP contribution in [0, 0.1) is 29.2 Å². The number of hydrogen-bond acceptors (Lipinski definition) is 5. The molecule has 6 heteroatoms. The third kappa shape index (κ3) is 2.94. The zero-order chi connectivity index (χ0) is 15.8. The molecule has 0 saturated heterocycles. The molecule has 122 valence electrons. The summed E-state index contributed by atoms with van der Waals surface area (Å²) in [5.74, 6) is 2.46. The first-order chi connectivity index (χ1) is 11.2. The van der Waals surface area contributed by atoms with E-state index in [0.717, 1.165) is 29.8 Å². The van der Waals surface area contributed by atoms with Gasteiger partial charge in [-0.2, -0.15) is 5.26 Å². The molecule has 0 radical (unpaired) electrons. The van der Waals surface area contributed by atoms with Crippen molar-refractivity contribution in [2.45, 2.75) is 56.9 Å². The number of aromatic nitrogens is 1. The van der Waals surface area contributed by atoms with Gasteiger partial charge in [-0.25, -0.2) is 4.98 Å². The fraction of sp³-hybridized carbons (Fsp3) is 0.706. The van der Waals surface area contributed by atoms with Gasteiger partial charge in [0.05, 0.1) is 0 Å². The molecular weight excluding hydrogens is 308 g/mol. The molecule has 0 aliphatic heterocycles. The van der Waals surface area contributed by atoms with Crippen molar-refractivity contribution in [3.8, 4) is 6.19 Å². The van der Waals surface area contributed by atoms with Crippen LogP contribution >= 0.6 is 11.3 Å². The summed E-state index contributed by atoms with van der Waals surface area (Å²) in [7, 11) is 0. The highest BCUT2D eigenvalue weighted by atomic mass is 32.1. The molecular formula is C17H22N4OS. The van der Waals surface area contributed by atoms with Crippen LogP contribution in [-0.4, -0.2) is 16.9 Å². The molecule has 1 amide bonds. The number of nitrogens with one attached hydrogen (secondary N) is 2. The number of fused-ring (bicyclic) bond motifs is 3. The number of nitriles is 1. The maximum Gasteiger partial charge on any atom is 0.229 e. The Morgan fingerprint density at radius 1 is 1.26 bits per heavy atom. The summed E-state index contributed by atoms with van der Waals surface area (Å²) in [6.07, 6.45) is 12.3. The van der Waals surface area contributed by atoms with Gasteiger partial charge in [-0.15, -0.1) is 11.3 Å². The molecule has 4 aliphatic rings. The maximum atomic E-state index is 12.2. The standard InChI is InChI=1S/C17H22N4OS/c18-9-20-13-6-12(7-13)16(22)21-17-19-8-15(23-17)14-5-10-1-3-11(14)4-2-10/h8,10-14,20H,1-7H2,(H,19,21,22). The number of hydrogen-bond donors (Lipinski definition) is 2. The van der Waals surface area contributed by atoms with Crippen molar-refractivity contribution in [1.82, 2.24) is 10.3 Å². The van der Waals surface area contributed by atoms with Crippen LogP contribution in [0.15, 0.2) is 6.20 Å². The summed E-state index contributed by atoms with van der Waals surface area (Å²) in [5, 5.41) is 15.0. The van der Waals surface area contributed by atoms with Crippen LogP contribution in [0.5, 0.6) is 0 Å². The van der Waals surface area contributed by atoms with E-state index in [0.29, 0.717) is 5.92 Å². The van der Waals surface area contributed by atoms with E-state index in [9.17, 15) is 4.79 Å². The van der Waals surface area contributed by atoms with Crippen molar-refractivity contribution in [3.05, 3.63) is 11.1 Å². The summed E-state index contributed by atoms with van der Waals surface area (Å²) < 4.78 is 0. The number of rotatable bonds is 4. The minimum atomic E-state index is 0.0129. The van der Waals surface area contributed by atoms with Gasteiger partial charge in [0.15, 0.2) is 11.3 Å². The number of anilines is 1. The molecule has 23 heavy (non-hydrogen) atoms. The molecule has 1 atom stereocenters. The summed E-state index contributed by atoms with van der Waals surface area (Å²) in [4.78, 5) is 18.0. The Morgan fingerprint density at radius 3 is 2.70 bits per heavy atom. The first-order valence-electron chi connectivity index (χ1n) is 8.64. The van der Waals surface area contributed by atoms with E-state index < -0.39 is 0 Å². The largest absolute Gasteiger partial charge is 0.321 e. The molecule has 5 rings (SSSR count). The quantitative estimate of drug-likeness (QED) is 0.656. The van der Waals surface area contributed by atoms with Crippen molar-refractivity contribution in [1.29, 1.82) is 5.26 Å². The van der Waals surface area contributed by atoms with E-state index in [4.69, 9.17) is 5.26 Å². The second-order valence-corrected chi connectivity index (χ2v) is 8.36. The maximum absolute atomic E-state index is 12.2. The lowest BCUT2D eigenvalue weighted by atomic mass is 9.64. The third-order valence-electron chi connectivity index (χ3n) is 5.94. The SMILES string of the molecule is N#CNC1CC(C(=O)Nc2ncc(C3CC4CCC3CC4)s2)C1. The van der Waals surface area contributed by atoms with E-state index in [2.05, 4.69) is 15.6 Å². The van der Waals surface area contributed by atoms with Gasteiger partial charge >= 0.3 is 0 Å². The molecule has 1 aromatic heterocycles. The van der Waals surface area contributed by atoms with Crippen LogP contribution in [0.1, 0.15) is 55.7 Å². The summed E-state index contributed by atoms with van der Waals surface area (Å²) in [6.45, 7) is 0. The van der Waals surface area contributed by atoms with Gasteiger partial charge in [0, 0.05) is 23.0 Å². The lowest BCUT2D eigenvalue weighted by Crippen LogP contribution is -2.44. The summed E-state index contributed by atoms with van der Waals surface area (Å²) in [5.41, 5.74) is 0. The monoisotopic (exact) mass is 330 g/mol. The van der Waals surface area contributed by atoms with Crippen LogP contribution < -0.4 is 10.6 Å². The van der Waals surface area contributed by atoms with Crippen LogP contribution in [0.3, 0.4) is 0 Å². The molecule has 1 aromatic rings. The van der Waals surface area contributed by atoms with Gasteiger partial charge < -0.3 is 10.6 Å². The Kier molecular flexibility index (Phi) is 3.98. The summed E-state index contributed by atoms with van der Waals surface area (Å²) >= 11 is 1.66. The van der Waals surface area contributed by atoms with E-state index in [-0.39, 0.29) is 17.9 Å². The van der Waals surface area contributed by atoms with Gasteiger partial charge in [-0.1, -0.05) is 12.8 Å². The first kappa shape index (κ1) is 14.9. The Labute approximate surface area is 140 Å². The van der Waals surface area contributed by atoms with Gasteiger partial charge in [0.25, 0.3) is 0 Å². The smallest absolute Gasteiger partial charge is 0.229 e. The molecule has 4 saturated carbocycles. The van der Waals surface area contributed by atoms with Gasteiger partial charge in [0.2, 0.25) is 5.91 Å². The van der Waals surface area contributed by atoms with Crippen molar-refractivity contribution in [3.63, 3.8) is 0 Å².